The first kappa shape index (κ1) is 14.3. The molecule has 0 aromatic heterocycles. The van der Waals surface area contributed by atoms with Gasteiger partial charge >= 0.3 is 0 Å². The quantitative estimate of drug-likeness (QED) is 0.750. The largest absolute Gasteiger partial charge is 0.288 e. The molecule has 0 unspecified atom stereocenters. The average molecular weight is 278 g/mol. The van der Waals surface area contributed by atoms with Gasteiger partial charge in [0.25, 0.3) is 0 Å². The standard InChI is InChI=1S/C16H13F3O/c1-8-4-10(3)15(14(19)5-8)16(20)11-6-9(2)12(17)7-13(11)18/h4-7H,1-3H3. The minimum Gasteiger partial charge on any atom is -0.288 e. The number of ketones is 1. The Hall–Kier alpha value is -2.10. The molecule has 0 aliphatic heterocycles. The first-order valence-corrected chi connectivity index (χ1v) is 6.08. The van der Waals surface area contributed by atoms with Crippen molar-refractivity contribution in [3.63, 3.8) is 0 Å². The molecule has 0 aliphatic rings. The van der Waals surface area contributed by atoms with E-state index in [1.165, 1.54) is 13.0 Å². The molecule has 0 amide bonds. The minimum atomic E-state index is -0.988. The van der Waals surface area contributed by atoms with E-state index < -0.39 is 23.2 Å². The van der Waals surface area contributed by atoms with Gasteiger partial charge in [-0.3, -0.25) is 4.79 Å². The molecule has 0 heterocycles. The number of hydrogen-bond acceptors (Lipinski definition) is 1. The van der Waals surface area contributed by atoms with Crippen molar-refractivity contribution in [2.24, 2.45) is 0 Å². The van der Waals surface area contributed by atoms with Crippen LogP contribution in [0.15, 0.2) is 24.3 Å². The SMILES string of the molecule is Cc1cc(C)c(C(=O)c2cc(C)c(F)cc2F)c(F)c1. The van der Waals surface area contributed by atoms with Crippen LogP contribution in [0.5, 0.6) is 0 Å². The molecule has 0 aliphatic carbocycles. The molecule has 0 radical (unpaired) electrons. The Labute approximate surface area is 115 Å². The van der Waals surface area contributed by atoms with Crippen molar-refractivity contribution in [3.8, 4) is 0 Å². The molecule has 2 aromatic rings. The van der Waals surface area contributed by atoms with Crippen LogP contribution in [0.1, 0.15) is 32.6 Å². The van der Waals surface area contributed by atoms with E-state index >= 15 is 0 Å². The predicted molar refractivity (Wildman–Crippen MR) is 70.4 cm³/mol. The van der Waals surface area contributed by atoms with Crippen molar-refractivity contribution in [2.45, 2.75) is 20.8 Å². The van der Waals surface area contributed by atoms with Crippen LogP contribution in [0.25, 0.3) is 0 Å². The van der Waals surface area contributed by atoms with Gasteiger partial charge in [-0.25, -0.2) is 13.2 Å². The molecule has 104 valence electrons. The van der Waals surface area contributed by atoms with Gasteiger partial charge in [0, 0.05) is 6.07 Å². The average Bonchev–Trinajstić information content (AvgIpc) is 2.32. The fourth-order valence-corrected chi connectivity index (χ4v) is 2.17. The van der Waals surface area contributed by atoms with Gasteiger partial charge in [0.05, 0.1) is 11.1 Å². The molecule has 4 heteroatoms. The monoisotopic (exact) mass is 278 g/mol. The Bertz CT molecular complexity index is 682. The van der Waals surface area contributed by atoms with E-state index in [-0.39, 0.29) is 16.7 Å². The normalized spacial score (nSPS) is 10.7. The number of carbonyl (C=O) groups is 1. The van der Waals surface area contributed by atoms with E-state index in [1.54, 1.807) is 19.9 Å². The van der Waals surface area contributed by atoms with E-state index in [4.69, 9.17) is 0 Å². The van der Waals surface area contributed by atoms with Gasteiger partial charge in [-0.05, 0) is 49.6 Å². The van der Waals surface area contributed by atoms with Gasteiger partial charge in [-0.2, -0.15) is 0 Å². The topological polar surface area (TPSA) is 17.1 Å². The summed E-state index contributed by atoms with van der Waals surface area (Å²) in [7, 11) is 0. The summed E-state index contributed by atoms with van der Waals surface area (Å²) >= 11 is 0. The minimum absolute atomic E-state index is 0.139. The van der Waals surface area contributed by atoms with Gasteiger partial charge in [-0.15, -0.1) is 0 Å². The van der Waals surface area contributed by atoms with Crippen molar-refractivity contribution in [1.82, 2.24) is 0 Å². The number of benzene rings is 2. The fraction of sp³-hybridized carbons (Fsp3) is 0.188. The summed E-state index contributed by atoms with van der Waals surface area (Å²) in [5.74, 6) is -3.20. The fourth-order valence-electron chi connectivity index (χ4n) is 2.17. The second kappa shape index (κ2) is 5.12. The van der Waals surface area contributed by atoms with Crippen molar-refractivity contribution >= 4 is 5.78 Å². The molecule has 20 heavy (non-hydrogen) atoms. The van der Waals surface area contributed by atoms with Crippen LogP contribution in [0, 0.1) is 38.2 Å². The van der Waals surface area contributed by atoms with E-state index in [9.17, 15) is 18.0 Å². The zero-order chi connectivity index (χ0) is 15.0. The van der Waals surface area contributed by atoms with Crippen LogP contribution in [-0.4, -0.2) is 5.78 Å². The Morgan fingerprint density at radius 2 is 1.45 bits per heavy atom. The first-order valence-electron chi connectivity index (χ1n) is 6.08. The lowest BCUT2D eigenvalue weighted by Crippen LogP contribution is -2.10. The van der Waals surface area contributed by atoms with Gasteiger partial charge < -0.3 is 0 Å². The van der Waals surface area contributed by atoms with Gasteiger partial charge in [-0.1, -0.05) is 6.07 Å². The zero-order valence-electron chi connectivity index (χ0n) is 11.4. The molecule has 0 spiro atoms. The van der Waals surface area contributed by atoms with Crippen LogP contribution in [-0.2, 0) is 0 Å². The Morgan fingerprint density at radius 1 is 0.800 bits per heavy atom. The highest BCUT2D eigenvalue weighted by molar-refractivity contribution is 6.10. The molecule has 2 aromatic carbocycles. The third-order valence-electron chi connectivity index (χ3n) is 3.15. The molecule has 0 saturated heterocycles. The lowest BCUT2D eigenvalue weighted by Gasteiger charge is -2.09. The molecule has 0 saturated carbocycles. The molecule has 0 bridgehead atoms. The number of hydrogen-bond donors (Lipinski definition) is 0. The summed E-state index contributed by atoms with van der Waals surface area (Å²) in [6, 6.07) is 4.61. The summed E-state index contributed by atoms with van der Waals surface area (Å²) < 4.78 is 40.9. The van der Waals surface area contributed by atoms with Crippen LogP contribution < -0.4 is 0 Å². The zero-order valence-corrected chi connectivity index (χ0v) is 11.4. The van der Waals surface area contributed by atoms with Crippen molar-refractivity contribution in [2.75, 3.05) is 0 Å². The smallest absolute Gasteiger partial charge is 0.199 e. The highest BCUT2D eigenvalue weighted by atomic mass is 19.1. The van der Waals surface area contributed by atoms with Crippen molar-refractivity contribution in [3.05, 3.63) is 69.5 Å². The first-order chi connectivity index (χ1) is 9.31. The molecule has 0 fully saturated rings. The van der Waals surface area contributed by atoms with E-state index in [1.807, 2.05) is 0 Å². The number of carbonyl (C=O) groups excluding carboxylic acids is 1. The molecule has 2 rings (SSSR count). The number of halogens is 3. The number of aryl methyl sites for hydroxylation is 3. The third kappa shape index (κ3) is 2.46. The van der Waals surface area contributed by atoms with Gasteiger partial charge in [0.2, 0.25) is 0 Å². The highest BCUT2D eigenvalue weighted by Crippen LogP contribution is 2.22. The lowest BCUT2D eigenvalue weighted by molar-refractivity contribution is 0.103. The second-order valence-electron chi connectivity index (χ2n) is 4.85. The third-order valence-corrected chi connectivity index (χ3v) is 3.15. The van der Waals surface area contributed by atoms with Crippen LogP contribution in [0.2, 0.25) is 0 Å². The van der Waals surface area contributed by atoms with Crippen molar-refractivity contribution in [1.29, 1.82) is 0 Å². The summed E-state index contributed by atoms with van der Waals surface area (Å²) in [5, 5.41) is 0. The van der Waals surface area contributed by atoms with Gasteiger partial charge in [0.1, 0.15) is 17.5 Å². The summed E-state index contributed by atoms with van der Waals surface area (Å²) in [5.41, 5.74) is 0.733. The summed E-state index contributed by atoms with van der Waals surface area (Å²) in [4.78, 5) is 12.3. The Kier molecular flexibility index (Phi) is 3.66. The highest BCUT2D eigenvalue weighted by Gasteiger charge is 2.21. The maximum absolute atomic E-state index is 13.9. The molecular formula is C16H13F3O. The summed E-state index contributed by atoms with van der Waals surface area (Å²) in [6.07, 6.45) is 0. The maximum atomic E-state index is 13.9. The second-order valence-corrected chi connectivity index (χ2v) is 4.85. The van der Waals surface area contributed by atoms with Crippen LogP contribution in [0.4, 0.5) is 13.2 Å². The molecule has 0 N–H and O–H groups in total. The Balaban J connectivity index is 2.61. The molecular weight excluding hydrogens is 265 g/mol. The maximum Gasteiger partial charge on any atom is 0.199 e. The number of rotatable bonds is 2. The summed E-state index contributed by atoms with van der Waals surface area (Å²) in [6.45, 7) is 4.70. The van der Waals surface area contributed by atoms with Crippen LogP contribution >= 0.6 is 0 Å². The van der Waals surface area contributed by atoms with Gasteiger partial charge in [0.15, 0.2) is 5.78 Å². The lowest BCUT2D eigenvalue weighted by atomic mass is 9.95. The van der Waals surface area contributed by atoms with Crippen LogP contribution in [0.3, 0.4) is 0 Å². The molecule has 1 nitrogen and oxygen atoms in total. The van der Waals surface area contributed by atoms with Crippen molar-refractivity contribution < 1.29 is 18.0 Å². The van der Waals surface area contributed by atoms with E-state index in [0.29, 0.717) is 17.2 Å². The van der Waals surface area contributed by atoms with E-state index in [2.05, 4.69) is 0 Å². The van der Waals surface area contributed by atoms with E-state index in [0.717, 1.165) is 6.07 Å². The predicted octanol–water partition coefficient (Wildman–Crippen LogP) is 4.26. The Morgan fingerprint density at radius 3 is 2.05 bits per heavy atom. The molecule has 0 atom stereocenters.